The normalized spacial score (nSPS) is 11.2. The number of nitrogens with one attached hydrogen (secondary N) is 1. The maximum atomic E-state index is 12.7. The van der Waals surface area contributed by atoms with E-state index in [4.69, 9.17) is 9.47 Å². The number of esters is 2. The van der Waals surface area contributed by atoms with Gasteiger partial charge < -0.3 is 19.5 Å². The topological polar surface area (TPSA) is 90.9 Å². The summed E-state index contributed by atoms with van der Waals surface area (Å²) < 4.78 is 51.0. The minimum atomic E-state index is -3.82. The Morgan fingerprint density at radius 1 is 1.00 bits per heavy atom. The third-order valence-electron chi connectivity index (χ3n) is 2.41. The minimum Gasteiger partial charge on any atom is -0.460 e. The van der Waals surface area contributed by atoms with Crippen molar-refractivity contribution in [1.29, 1.82) is 0 Å². The molecule has 1 N–H and O–H groups in total. The summed E-state index contributed by atoms with van der Waals surface area (Å²) in [5.74, 6) is -5.47. The molecule has 0 aromatic rings. The van der Waals surface area contributed by atoms with E-state index in [2.05, 4.69) is 23.2 Å². The van der Waals surface area contributed by atoms with Gasteiger partial charge >= 0.3 is 24.0 Å². The average Bonchev–Trinajstić information content (AvgIpc) is 2.56. The fourth-order valence-corrected chi connectivity index (χ4v) is 1.18. The Morgan fingerprint density at radius 2 is 1.46 bits per heavy atom. The first-order valence-electron chi connectivity index (χ1n) is 6.54. The number of alkyl carbamates (subject to hydrolysis) is 1. The number of halogens is 3. The Hall–Kier alpha value is -2.52. The molecule has 1 amide bonds. The molecule has 0 aliphatic carbocycles. The van der Waals surface area contributed by atoms with Crippen LogP contribution in [0.2, 0.25) is 0 Å². The fourth-order valence-electron chi connectivity index (χ4n) is 1.18. The van der Waals surface area contributed by atoms with Crippen molar-refractivity contribution in [2.24, 2.45) is 0 Å². The van der Waals surface area contributed by atoms with Crippen LogP contribution in [0.4, 0.5) is 18.0 Å². The number of hydrogen-bond donors (Lipinski definition) is 1. The zero-order valence-corrected chi connectivity index (χ0v) is 13.0. The van der Waals surface area contributed by atoms with Gasteiger partial charge in [-0.1, -0.05) is 13.2 Å². The van der Waals surface area contributed by atoms with Gasteiger partial charge in [-0.25, -0.2) is 18.8 Å². The summed E-state index contributed by atoms with van der Waals surface area (Å²) in [6.45, 7) is 3.22. The Labute approximate surface area is 136 Å². The highest BCUT2D eigenvalue weighted by atomic mass is 19.3. The number of rotatable bonds is 10. The smallest absolute Gasteiger partial charge is 0.408 e. The lowest BCUT2D eigenvalue weighted by molar-refractivity contribution is -0.144. The van der Waals surface area contributed by atoms with E-state index in [0.717, 1.165) is 12.2 Å². The monoisotopic (exact) mass is 353 g/mol. The summed E-state index contributed by atoms with van der Waals surface area (Å²) >= 11 is 0. The predicted octanol–water partition coefficient (Wildman–Crippen LogP) is 1.53. The van der Waals surface area contributed by atoms with E-state index in [-0.39, 0.29) is 0 Å². The molecule has 0 spiro atoms. The highest BCUT2D eigenvalue weighted by Gasteiger charge is 2.34. The molecule has 0 aromatic heterocycles. The van der Waals surface area contributed by atoms with Crippen LogP contribution >= 0.6 is 0 Å². The molecular weight excluding hydrogens is 335 g/mol. The van der Waals surface area contributed by atoms with Crippen molar-refractivity contribution in [1.82, 2.24) is 5.32 Å². The van der Waals surface area contributed by atoms with E-state index >= 15 is 0 Å². The van der Waals surface area contributed by atoms with Gasteiger partial charge in [0.15, 0.2) is 13.3 Å². The molecule has 0 unspecified atom stereocenters. The Bertz CT molecular complexity index is 471. The van der Waals surface area contributed by atoms with Gasteiger partial charge in [0.25, 0.3) is 0 Å². The van der Waals surface area contributed by atoms with Crippen LogP contribution < -0.4 is 5.32 Å². The van der Waals surface area contributed by atoms with Gasteiger partial charge in [-0.2, -0.15) is 8.78 Å². The number of amides is 1. The lowest BCUT2D eigenvalue weighted by Crippen LogP contribution is -2.54. The molecule has 7 nitrogen and oxygen atoms in total. The largest absolute Gasteiger partial charge is 0.460 e. The maximum Gasteiger partial charge on any atom is 0.408 e. The number of ether oxygens (including phenoxy) is 3. The van der Waals surface area contributed by atoms with Gasteiger partial charge in [0, 0.05) is 12.2 Å². The molecule has 0 fully saturated rings. The average molecular weight is 353 g/mol. The molecule has 24 heavy (non-hydrogen) atoms. The van der Waals surface area contributed by atoms with Crippen LogP contribution in [0.25, 0.3) is 0 Å². The predicted molar refractivity (Wildman–Crippen MR) is 76.1 cm³/mol. The van der Waals surface area contributed by atoms with E-state index in [9.17, 15) is 27.6 Å². The fraction of sp³-hybridized carbons (Fsp3) is 0.500. The molecule has 0 rings (SSSR count). The van der Waals surface area contributed by atoms with E-state index < -0.39 is 56.0 Å². The van der Waals surface area contributed by atoms with Gasteiger partial charge in [-0.3, -0.25) is 0 Å². The van der Waals surface area contributed by atoms with Crippen LogP contribution in [0.5, 0.6) is 0 Å². The summed E-state index contributed by atoms with van der Waals surface area (Å²) in [5, 5.41) is 2.11. The molecule has 0 atom stereocenters. The van der Waals surface area contributed by atoms with Crippen LogP contribution in [-0.2, 0) is 23.8 Å². The van der Waals surface area contributed by atoms with Gasteiger partial charge in [-0.15, -0.1) is 0 Å². The molecule has 10 heteroatoms. The number of carbonyl (C=O) groups excluding carboxylic acids is 3. The standard InChI is InChI=1S/C14H18F3NO6/c1-4-10(19)22-7-13(3,8-23-11(20)5-2)18-12(21)24-9-14(16,17)6-15/h4-5H,1-2,6-9H2,3H3,(H,18,21). The first kappa shape index (κ1) is 21.5. The molecule has 0 saturated heterocycles. The maximum absolute atomic E-state index is 12.7. The van der Waals surface area contributed by atoms with Crippen LogP contribution in [-0.4, -0.2) is 56.0 Å². The third kappa shape index (κ3) is 8.81. The Kier molecular flexibility index (Phi) is 8.58. The lowest BCUT2D eigenvalue weighted by Gasteiger charge is -2.29. The van der Waals surface area contributed by atoms with Gasteiger partial charge in [-0.05, 0) is 6.92 Å². The first-order valence-corrected chi connectivity index (χ1v) is 6.54. The van der Waals surface area contributed by atoms with E-state index in [1.54, 1.807) is 0 Å². The molecule has 0 saturated carbocycles. The molecule has 0 aromatic carbocycles. The SMILES string of the molecule is C=CC(=O)OCC(C)(COC(=O)C=C)NC(=O)OCC(F)(F)CF. The highest BCUT2D eigenvalue weighted by molar-refractivity contribution is 5.81. The van der Waals surface area contributed by atoms with E-state index in [0.29, 0.717) is 0 Å². The van der Waals surface area contributed by atoms with Crippen LogP contribution in [0, 0.1) is 0 Å². The Morgan fingerprint density at radius 3 is 1.83 bits per heavy atom. The summed E-state index contributed by atoms with van der Waals surface area (Å²) in [5.41, 5.74) is -1.49. The van der Waals surface area contributed by atoms with Crippen LogP contribution in [0.15, 0.2) is 25.3 Å². The van der Waals surface area contributed by atoms with Crippen LogP contribution in [0.1, 0.15) is 6.92 Å². The van der Waals surface area contributed by atoms with Crippen molar-refractivity contribution in [3.05, 3.63) is 25.3 Å². The molecule has 0 aliphatic rings. The lowest BCUT2D eigenvalue weighted by atomic mass is 10.1. The zero-order valence-electron chi connectivity index (χ0n) is 13.0. The molecule has 0 heterocycles. The summed E-state index contributed by atoms with van der Waals surface area (Å²) in [6.07, 6.45) is 0.377. The van der Waals surface area contributed by atoms with Crippen molar-refractivity contribution >= 4 is 18.0 Å². The second-order valence-corrected chi connectivity index (χ2v) is 4.88. The summed E-state index contributed by atoms with van der Waals surface area (Å²) in [7, 11) is 0. The highest BCUT2D eigenvalue weighted by Crippen LogP contribution is 2.14. The summed E-state index contributed by atoms with van der Waals surface area (Å²) in [6, 6.07) is 0. The van der Waals surface area contributed by atoms with Crippen molar-refractivity contribution in [2.45, 2.75) is 18.4 Å². The minimum absolute atomic E-state index is 0.475. The molecule has 0 bridgehead atoms. The first-order chi connectivity index (χ1) is 11.1. The van der Waals surface area contributed by atoms with Gasteiger partial charge in [0.05, 0.1) is 0 Å². The molecular formula is C14H18F3NO6. The van der Waals surface area contributed by atoms with Gasteiger partial charge in [0.1, 0.15) is 18.8 Å². The van der Waals surface area contributed by atoms with Crippen LogP contribution in [0.3, 0.4) is 0 Å². The molecule has 136 valence electrons. The second-order valence-electron chi connectivity index (χ2n) is 4.88. The van der Waals surface area contributed by atoms with Crippen molar-refractivity contribution in [2.75, 3.05) is 26.5 Å². The molecule has 0 radical (unpaired) electrons. The van der Waals surface area contributed by atoms with Crippen molar-refractivity contribution in [3.63, 3.8) is 0 Å². The number of alkyl halides is 3. The van der Waals surface area contributed by atoms with Crippen molar-refractivity contribution < 1.29 is 41.8 Å². The zero-order chi connectivity index (χ0) is 18.8. The van der Waals surface area contributed by atoms with E-state index in [1.807, 2.05) is 0 Å². The number of hydrogen-bond acceptors (Lipinski definition) is 6. The van der Waals surface area contributed by atoms with Gasteiger partial charge in [0.2, 0.25) is 0 Å². The summed E-state index contributed by atoms with van der Waals surface area (Å²) in [4.78, 5) is 33.7. The third-order valence-corrected chi connectivity index (χ3v) is 2.41. The molecule has 0 aliphatic heterocycles. The van der Waals surface area contributed by atoms with E-state index in [1.165, 1.54) is 6.92 Å². The second kappa shape index (κ2) is 9.58. The van der Waals surface area contributed by atoms with Crippen molar-refractivity contribution in [3.8, 4) is 0 Å². The number of carbonyl (C=O) groups is 3. The Balaban J connectivity index is 4.80. The quantitative estimate of drug-likeness (QED) is 0.364.